The molecular weight excluding hydrogens is 490 g/mol. The Kier molecular flexibility index (Phi) is 9.17. The molecule has 0 fully saturated rings. The topological polar surface area (TPSA) is 56.7 Å². The van der Waals surface area contributed by atoms with Crippen LogP contribution in [0.4, 0.5) is 4.39 Å². The summed E-state index contributed by atoms with van der Waals surface area (Å²) in [6.45, 7) is 4.74. The van der Waals surface area contributed by atoms with Gasteiger partial charge in [0.05, 0.1) is 0 Å². The largest absolute Gasteiger partial charge is 0.357 e. The number of aliphatic imine (C=N–C) groups is 1. The van der Waals surface area contributed by atoms with E-state index in [1.807, 2.05) is 17.9 Å². The number of benzene rings is 1. The van der Waals surface area contributed by atoms with E-state index in [0.29, 0.717) is 37.6 Å². The second-order valence-corrected chi connectivity index (χ2v) is 7.40. The van der Waals surface area contributed by atoms with Gasteiger partial charge in [0, 0.05) is 31.1 Å². The number of fused-ring (bicyclic) bond motifs is 1. The van der Waals surface area contributed by atoms with Gasteiger partial charge in [0.15, 0.2) is 5.96 Å². The Labute approximate surface area is 186 Å². The summed E-state index contributed by atoms with van der Waals surface area (Å²) in [5, 5.41) is 8.38. The Morgan fingerprint density at radius 1 is 1.29 bits per heavy atom. The molecule has 0 saturated carbocycles. The van der Waals surface area contributed by atoms with Crippen molar-refractivity contribution in [2.24, 2.45) is 4.99 Å². The molecule has 0 atom stereocenters. The molecule has 1 aliphatic heterocycles. The van der Waals surface area contributed by atoms with Crippen molar-refractivity contribution in [1.82, 2.24) is 15.5 Å². The fraction of sp³-hybridized carbons (Fsp3) is 0.400. The fourth-order valence-electron chi connectivity index (χ4n) is 3.07. The maximum atomic E-state index is 13.7. The van der Waals surface area contributed by atoms with Crippen molar-refractivity contribution in [1.29, 1.82) is 0 Å². The first-order valence-electron chi connectivity index (χ1n) is 9.26. The molecule has 0 unspecified atom stereocenters. The molecule has 1 amide bonds. The average Bonchev–Trinajstić information content (AvgIpc) is 3.15. The van der Waals surface area contributed by atoms with Crippen LogP contribution in [0.3, 0.4) is 0 Å². The van der Waals surface area contributed by atoms with Gasteiger partial charge in [0.2, 0.25) is 5.91 Å². The highest BCUT2D eigenvalue weighted by atomic mass is 127. The Hall–Kier alpha value is -1.68. The molecular formula is C20H26FIN4OS. The van der Waals surface area contributed by atoms with Crippen LogP contribution in [0.5, 0.6) is 0 Å². The van der Waals surface area contributed by atoms with Crippen LogP contribution >= 0.6 is 35.3 Å². The first kappa shape index (κ1) is 22.6. The minimum Gasteiger partial charge on any atom is -0.357 e. The number of carbonyl (C=O) groups is 1. The van der Waals surface area contributed by atoms with E-state index in [0.717, 1.165) is 13.0 Å². The van der Waals surface area contributed by atoms with Crippen LogP contribution in [-0.4, -0.2) is 42.9 Å². The number of hydrogen-bond donors (Lipinski definition) is 2. The number of hydrogen-bond acceptors (Lipinski definition) is 3. The minimum atomic E-state index is -0.200. The number of carbonyl (C=O) groups excluding carboxylic acids is 1. The summed E-state index contributed by atoms with van der Waals surface area (Å²) < 4.78 is 13.7. The van der Waals surface area contributed by atoms with E-state index in [9.17, 15) is 9.18 Å². The highest BCUT2D eigenvalue weighted by Gasteiger charge is 2.21. The van der Waals surface area contributed by atoms with E-state index in [2.05, 4.69) is 27.1 Å². The van der Waals surface area contributed by atoms with Crippen LogP contribution in [0.1, 0.15) is 22.9 Å². The van der Waals surface area contributed by atoms with Gasteiger partial charge < -0.3 is 15.5 Å². The third-order valence-electron chi connectivity index (χ3n) is 4.52. The molecule has 28 heavy (non-hydrogen) atoms. The number of nitrogens with zero attached hydrogens (tertiary/aromatic N) is 2. The maximum absolute atomic E-state index is 13.7. The van der Waals surface area contributed by atoms with Crippen LogP contribution in [0.15, 0.2) is 40.7 Å². The normalized spacial score (nSPS) is 13.5. The summed E-state index contributed by atoms with van der Waals surface area (Å²) in [5.74, 6) is 0.405. The lowest BCUT2D eigenvalue weighted by Crippen LogP contribution is -2.41. The minimum absolute atomic E-state index is 0. The second kappa shape index (κ2) is 11.4. The van der Waals surface area contributed by atoms with Gasteiger partial charge >= 0.3 is 0 Å². The van der Waals surface area contributed by atoms with Crippen LogP contribution in [0.2, 0.25) is 0 Å². The van der Waals surface area contributed by atoms with E-state index < -0.39 is 0 Å². The highest BCUT2D eigenvalue weighted by Crippen LogP contribution is 2.23. The smallest absolute Gasteiger partial charge is 0.244 e. The molecule has 0 saturated heterocycles. The lowest BCUT2D eigenvalue weighted by atomic mass is 10.1. The van der Waals surface area contributed by atoms with Crippen LogP contribution in [-0.2, 0) is 24.2 Å². The van der Waals surface area contributed by atoms with E-state index in [-0.39, 0.29) is 42.2 Å². The third-order valence-corrected chi connectivity index (χ3v) is 5.54. The van der Waals surface area contributed by atoms with Crippen molar-refractivity contribution in [2.45, 2.75) is 26.3 Å². The monoisotopic (exact) mass is 516 g/mol. The number of amides is 1. The first-order chi connectivity index (χ1) is 13.2. The van der Waals surface area contributed by atoms with Gasteiger partial charge in [-0.3, -0.25) is 4.79 Å². The lowest BCUT2D eigenvalue weighted by molar-refractivity contribution is -0.130. The SMILES string of the molecule is CCNC(=NCC(=O)N1CCc2sccc2C1)NCCc1ccccc1F.I. The number of halogens is 2. The highest BCUT2D eigenvalue weighted by molar-refractivity contribution is 14.0. The first-order valence-corrected chi connectivity index (χ1v) is 10.1. The van der Waals surface area contributed by atoms with Crippen LogP contribution in [0, 0.1) is 5.82 Å². The number of thiophene rings is 1. The van der Waals surface area contributed by atoms with Gasteiger partial charge in [-0.25, -0.2) is 9.38 Å². The molecule has 0 aliphatic carbocycles. The zero-order valence-corrected chi connectivity index (χ0v) is 19.1. The molecule has 0 bridgehead atoms. The van der Waals surface area contributed by atoms with Crippen molar-refractivity contribution in [2.75, 3.05) is 26.2 Å². The summed E-state index contributed by atoms with van der Waals surface area (Å²) in [4.78, 5) is 20.1. The van der Waals surface area contributed by atoms with Gasteiger partial charge in [0.25, 0.3) is 0 Å². The van der Waals surface area contributed by atoms with Crippen molar-refractivity contribution >= 4 is 47.2 Å². The van der Waals surface area contributed by atoms with Crippen LogP contribution in [0.25, 0.3) is 0 Å². The predicted molar refractivity (Wildman–Crippen MR) is 123 cm³/mol. The van der Waals surface area contributed by atoms with Crippen molar-refractivity contribution < 1.29 is 9.18 Å². The molecule has 152 valence electrons. The zero-order chi connectivity index (χ0) is 19.1. The lowest BCUT2D eigenvalue weighted by Gasteiger charge is -2.26. The summed E-state index contributed by atoms with van der Waals surface area (Å²) >= 11 is 1.76. The molecule has 5 nitrogen and oxygen atoms in total. The average molecular weight is 516 g/mol. The van der Waals surface area contributed by atoms with Crippen molar-refractivity contribution in [3.63, 3.8) is 0 Å². The van der Waals surface area contributed by atoms with E-state index in [4.69, 9.17) is 0 Å². The Morgan fingerprint density at radius 2 is 2.11 bits per heavy atom. The van der Waals surface area contributed by atoms with Gasteiger partial charge in [-0.05, 0) is 48.4 Å². The number of rotatable bonds is 6. The van der Waals surface area contributed by atoms with E-state index in [1.54, 1.807) is 23.5 Å². The Bertz CT molecular complexity index is 811. The molecule has 3 rings (SSSR count). The zero-order valence-electron chi connectivity index (χ0n) is 15.9. The third kappa shape index (κ3) is 6.16. The Balaban J connectivity index is 0.00000280. The van der Waals surface area contributed by atoms with Crippen molar-refractivity contribution in [3.8, 4) is 0 Å². The van der Waals surface area contributed by atoms with Gasteiger partial charge in [-0.15, -0.1) is 35.3 Å². The molecule has 2 aromatic rings. The molecule has 1 aromatic heterocycles. The molecule has 2 N–H and O–H groups in total. The van der Waals surface area contributed by atoms with E-state index in [1.165, 1.54) is 16.5 Å². The van der Waals surface area contributed by atoms with Crippen molar-refractivity contribution in [3.05, 3.63) is 57.5 Å². The Morgan fingerprint density at radius 3 is 2.89 bits per heavy atom. The second-order valence-electron chi connectivity index (χ2n) is 6.40. The van der Waals surface area contributed by atoms with Crippen LogP contribution < -0.4 is 10.6 Å². The molecule has 1 aromatic carbocycles. The summed E-state index contributed by atoms with van der Waals surface area (Å²) in [7, 11) is 0. The molecule has 8 heteroatoms. The predicted octanol–water partition coefficient (Wildman–Crippen LogP) is 3.19. The summed E-state index contributed by atoms with van der Waals surface area (Å²) in [5.41, 5.74) is 1.91. The standard InChI is InChI=1S/C20H25FN4OS.HI/c1-2-22-20(23-10-7-15-5-3-4-6-17(15)21)24-13-19(26)25-11-8-18-16(14-25)9-12-27-18;/h3-6,9,12H,2,7-8,10-11,13-14H2,1H3,(H2,22,23,24);1H. The number of nitrogens with one attached hydrogen (secondary N) is 2. The maximum Gasteiger partial charge on any atom is 0.244 e. The molecule has 0 radical (unpaired) electrons. The van der Waals surface area contributed by atoms with E-state index >= 15 is 0 Å². The fourth-order valence-corrected chi connectivity index (χ4v) is 3.96. The summed E-state index contributed by atoms with van der Waals surface area (Å²) in [6, 6.07) is 8.85. The number of guanidine groups is 1. The van der Waals surface area contributed by atoms with Gasteiger partial charge in [-0.1, -0.05) is 18.2 Å². The molecule has 1 aliphatic rings. The molecule has 2 heterocycles. The summed E-state index contributed by atoms with van der Waals surface area (Å²) in [6.07, 6.45) is 1.47. The quantitative estimate of drug-likeness (QED) is 0.353. The molecule has 0 spiro atoms. The van der Waals surface area contributed by atoms with Gasteiger partial charge in [-0.2, -0.15) is 0 Å². The van der Waals surface area contributed by atoms with Gasteiger partial charge in [0.1, 0.15) is 12.4 Å².